The fraction of sp³-hybridized carbons (Fsp3) is 0.682. The van der Waals surface area contributed by atoms with Gasteiger partial charge in [-0.05, 0) is 81.8 Å². The summed E-state index contributed by atoms with van der Waals surface area (Å²) in [6.45, 7) is 11.8. The third kappa shape index (κ3) is 14.7. The number of rotatable bonds is 18. The van der Waals surface area contributed by atoms with E-state index in [-0.39, 0.29) is 36.6 Å². The number of nitrogens with one attached hydrogen (secondary N) is 5. The van der Waals surface area contributed by atoms with Crippen LogP contribution in [0.15, 0.2) is 30.3 Å². The SMILES string of the molecule is CCCC(NC(=O)[C@@H]1CC2(CN1C(=O)[C@@H](NC(=O)[C@H](CC(C)C)NC(C)=O)C1CCCCC1)SCCCS2)C(=O)C(=O)NCC(=O)NC(C(=O)OC(C)(C)C)c1ccccc1. The molecule has 1 aliphatic carbocycles. The Kier molecular flexibility index (Phi) is 18.5. The predicted octanol–water partition coefficient (Wildman–Crippen LogP) is 3.94. The molecule has 3 aliphatic rings. The van der Waals surface area contributed by atoms with Crippen molar-refractivity contribution in [3.8, 4) is 0 Å². The summed E-state index contributed by atoms with van der Waals surface area (Å²) in [5, 5.41) is 13.5. The zero-order valence-corrected chi connectivity index (χ0v) is 38.4. The number of hydrogen-bond acceptors (Lipinski definition) is 11. The van der Waals surface area contributed by atoms with Crippen LogP contribution in [0.5, 0.6) is 0 Å². The molecule has 61 heavy (non-hydrogen) atoms. The van der Waals surface area contributed by atoms with E-state index < -0.39 is 81.8 Å². The normalized spacial score (nSPS) is 19.8. The highest BCUT2D eigenvalue weighted by molar-refractivity contribution is 8.18. The topological polar surface area (TPSA) is 209 Å². The molecule has 0 radical (unpaired) electrons. The molecule has 2 aliphatic heterocycles. The van der Waals surface area contributed by atoms with Crippen molar-refractivity contribution in [2.24, 2.45) is 11.8 Å². The molecule has 15 nitrogen and oxygen atoms in total. The first-order valence-corrected chi connectivity index (χ1v) is 23.7. The molecule has 5 atom stereocenters. The molecule has 1 saturated carbocycles. The van der Waals surface area contributed by atoms with Crippen LogP contribution in [0.2, 0.25) is 0 Å². The van der Waals surface area contributed by atoms with Crippen LogP contribution in [0.3, 0.4) is 0 Å². The average Bonchev–Trinajstić information content (AvgIpc) is 3.58. The van der Waals surface area contributed by atoms with Crippen molar-refractivity contribution in [2.45, 2.75) is 153 Å². The van der Waals surface area contributed by atoms with Crippen LogP contribution in [-0.4, -0.2) is 111 Å². The molecule has 2 heterocycles. The third-order valence-corrected chi connectivity index (χ3v) is 14.2. The zero-order chi connectivity index (χ0) is 44.9. The summed E-state index contributed by atoms with van der Waals surface area (Å²) in [6.07, 6.45) is 6.48. The van der Waals surface area contributed by atoms with Crippen LogP contribution < -0.4 is 26.6 Å². The van der Waals surface area contributed by atoms with Crippen molar-refractivity contribution in [1.82, 2.24) is 31.5 Å². The van der Waals surface area contributed by atoms with Crippen molar-refractivity contribution in [3.05, 3.63) is 35.9 Å². The van der Waals surface area contributed by atoms with Gasteiger partial charge in [-0.3, -0.25) is 33.6 Å². The minimum absolute atomic E-state index is 0.0903. The Labute approximate surface area is 368 Å². The molecule has 3 fully saturated rings. The highest BCUT2D eigenvalue weighted by Gasteiger charge is 2.52. The summed E-state index contributed by atoms with van der Waals surface area (Å²) >= 11 is 3.42. The van der Waals surface area contributed by atoms with Crippen molar-refractivity contribution in [2.75, 3.05) is 24.6 Å². The Hall–Kier alpha value is -4.12. The Balaban J connectivity index is 1.51. The molecule has 0 bridgehead atoms. The summed E-state index contributed by atoms with van der Waals surface area (Å²) in [5.41, 5.74) is -0.360. The molecule has 1 aromatic rings. The maximum Gasteiger partial charge on any atom is 0.333 e. The lowest BCUT2D eigenvalue weighted by Crippen LogP contribution is -2.60. The maximum absolute atomic E-state index is 14.9. The number of Topliss-reactive ketones (excluding diaryl/α,β-unsaturated/α-hetero) is 1. The quantitative estimate of drug-likeness (QED) is 0.105. The van der Waals surface area contributed by atoms with Crippen LogP contribution in [0.1, 0.15) is 124 Å². The van der Waals surface area contributed by atoms with Gasteiger partial charge in [-0.2, -0.15) is 0 Å². The fourth-order valence-corrected chi connectivity index (χ4v) is 11.4. The smallest absolute Gasteiger partial charge is 0.333 e. The minimum Gasteiger partial charge on any atom is -0.458 e. The van der Waals surface area contributed by atoms with Gasteiger partial charge in [0, 0.05) is 19.9 Å². The number of thioether (sulfide) groups is 2. The number of nitrogens with zero attached hydrogens (tertiary/aromatic N) is 1. The van der Waals surface area contributed by atoms with E-state index in [1.807, 2.05) is 13.8 Å². The van der Waals surface area contributed by atoms with Gasteiger partial charge in [-0.1, -0.05) is 76.8 Å². The average molecular weight is 887 g/mol. The molecule has 0 aromatic heterocycles. The monoisotopic (exact) mass is 886 g/mol. The number of carbonyl (C=O) groups is 8. The molecule has 17 heteroatoms. The van der Waals surface area contributed by atoms with Gasteiger partial charge in [0.1, 0.15) is 23.7 Å². The second-order valence-corrected chi connectivity index (χ2v) is 21.0. The van der Waals surface area contributed by atoms with Crippen LogP contribution in [0.25, 0.3) is 0 Å². The van der Waals surface area contributed by atoms with Gasteiger partial charge in [0.05, 0.1) is 16.7 Å². The van der Waals surface area contributed by atoms with Crippen LogP contribution in [0.4, 0.5) is 0 Å². The molecule has 338 valence electrons. The van der Waals surface area contributed by atoms with Crippen LogP contribution in [-0.2, 0) is 43.1 Å². The molecule has 2 unspecified atom stereocenters. The van der Waals surface area contributed by atoms with Gasteiger partial charge in [0.2, 0.25) is 35.3 Å². The van der Waals surface area contributed by atoms with Gasteiger partial charge in [-0.15, -0.1) is 23.5 Å². The number of hydrogen-bond donors (Lipinski definition) is 5. The molecule has 1 aromatic carbocycles. The number of amides is 6. The number of likely N-dealkylation sites (tertiary alicyclic amines) is 1. The van der Waals surface area contributed by atoms with Crippen molar-refractivity contribution in [1.29, 1.82) is 0 Å². The fourth-order valence-electron chi connectivity index (χ4n) is 8.09. The Morgan fingerprint density at radius 1 is 0.869 bits per heavy atom. The predicted molar refractivity (Wildman–Crippen MR) is 236 cm³/mol. The highest BCUT2D eigenvalue weighted by atomic mass is 32.2. The molecular formula is C44H66N6O9S2. The first-order valence-electron chi connectivity index (χ1n) is 21.7. The van der Waals surface area contributed by atoms with Gasteiger partial charge >= 0.3 is 5.97 Å². The number of benzene rings is 1. The summed E-state index contributed by atoms with van der Waals surface area (Å²) in [4.78, 5) is 110. The van der Waals surface area contributed by atoms with E-state index in [1.54, 1.807) is 86.5 Å². The lowest BCUT2D eigenvalue weighted by molar-refractivity contribution is -0.159. The second-order valence-electron chi connectivity index (χ2n) is 17.8. The molecule has 6 amide bonds. The van der Waals surface area contributed by atoms with E-state index in [4.69, 9.17) is 4.74 Å². The van der Waals surface area contributed by atoms with E-state index >= 15 is 0 Å². The van der Waals surface area contributed by atoms with Crippen molar-refractivity contribution in [3.63, 3.8) is 0 Å². The van der Waals surface area contributed by atoms with E-state index in [9.17, 15) is 38.4 Å². The second kappa shape index (κ2) is 22.8. The Morgan fingerprint density at radius 2 is 1.52 bits per heavy atom. The number of esters is 1. The van der Waals surface area contributed by atoms with Gasteiger partial charge in [-0.25, -0.2) is 4.79 Å². The lowest BCUT2D eigenvalue weighted by atomic mass is 9.83. The maximum atomic E-state index is 14.9. The molecular weight excluding hydrogens is 821 g/mol. The summed E-state index contributed by atoms with van der Waals surface area (Å²) < 4.78 is 5.04. The van der Waals surface area contributed by atoms with Gasteiger partial charge in [0.25, 0.3) is 5.91 Å². The van der Waals surface area contributed by atoms with E-state index in [1.165, 1.54) is 6.92 Å². The number of ketones is 1. The van der Waals surface area contributed by atoms with E-state index in [2.05, 4.69) is 26.6 Å². The number of ether oxygens (including phenoxy) is 1. The first-order chi connectivity index (χ1) is 28.8. The first kappa shape index (κ1) is 49.5. The minimum atomic E-state index is -1.25. The molecule has 4 rings (SSSR count). The summed E-state index contributed by atoms with van der Waals surface area (Å²) in [5.74, 6) is -3.61. The van der Waals surface area contributed by atoms with Crippen LogP contribution in [0, 0.1) is 11.8 Å². The Bertz CT molecular complexity index is 1730. The lowest BCUT2D eigenvalue weighted by Gasteiger charge is -2.36. The van der Waals surface area contributed by atoms with Crippen molar-refractivity contribution < 1.29 is 43.1 Å². The standard InChI is InChI=1S/C44H66N6O9S2/c1-8-16-31(37(53)40(56)45-25-34(52)48-36(30-19-13-10-14-20-30)42(58)59-43(5,6)7)47-39(55)33-24-44(60-21-15-22-61-44)26-50(33)41(57)35(29-17-11-9-12-18-29)49-38(54)32(23-27(2)3)46-28(4)51/h10,13-14,19-20,27,29,31-33,35-36H,8-9,11-12,15-18,21-26H2,1-7H3,(H,45,56)(H,46,51)(H,47,55)(H,48,52)(H,49,54)/t31?,32-,33-,35-,36?/m0/s1. The van der Waals surface area contributed by atoms with E-state index in [0.717, 1.165) is 50.0 Å². The summed E-state index contributed by atoms with van der Waals surface area (Å²) in [7, 11) is 0. The van der Waals surface area contributed by atoms with Crippen molar-refractivity contribution >= 4 is 70.7 Å². The van der Waals surface area contributed by atoms with Crippen LogP contribution >= 0.6 is 23.5 Å². The van der Waals surface area contributed by atoms with E-state index in [0.29, 0.717) is 24.8 Å². The zero-order valence-electron chi connectivity index (χ0n) is 36.8. The Morgan fingerprint density at radius 3 is 2.11 bits per heavy atom. The van der Waals surface area contributed by atoms with Gasteiger partial charge < -0.3 is 36.2 Å². The number of carbonyl (C=O) groups excluding carboxylic acids is 8. The largest absolute Gasteiger partial charge is 0.458 e. The van der Waals surface area contributed by atoms with Gasteiger partial charge in [0.15, 0.2) is 6.04 Å². The summed E-state index contributed by atoms with van der Waals surface area (Å²) in [6, 6.07) is 3.33. The molecule has 1 spiro atoms. The molecule has 5 N–H and O–H groups in total. The third-order valence-electron chi connectivity index (χ3n) is 10.9. The highest BCUT2D eigenvalue weighted by Crippen LogP contribution is 2.50. The molecule has 2 saturated heterocycles.